The predicted octanol–water partition coefficient (Wildman–Crippen LogP) is 5.37. The number of carbonyl (C=O) groups excluding carboxylic acids is 3. The van der Waals surface area contributed by atoms with Crippen LogP contribution in [-0.4, -0.2) is 41.5 Å². The van der Waals surface area contributed by atoms with Gasteiger partial charge < -0.3 is 14.8 Å². The van der Waals surface area contributed by atoms with E-state index in [1.54, 1.807) is 60.7 Å². The Balaban J connectivity index is 1.40. The summed E-state index contributed by atoms with van der Waals surface area (Å²) in [5.41, 5.74) is 1.43. The van der Waals surface area contributed by atoms with Crippen molar-refractivity contribution in [3.8, 4) is 11.5 Å². The number of non-ortho nitro benzene ring substituents is 1. The lowest BCUT2D eigenvalue weighted by Gasteiger charge is -2.36. The van der Waals surface area contributed by atoms with Crippen LogP contribution >= 0.6 is 12.2 Å². The van der Waals surface area contributed by atoms with Crippen molar-refractivity contribution in [1.82, 2.24) is 0 Å². The molecule has 0 saturated carbocycles. The third-order valence-corrected chi connectivity index (χ3v) is 6.84. The summed E-state index contributed by atoms with van der Waals surface area (Å²) in [6.07, 6.45) is 1.44. The first-order chi connectivity index (χ1) is 21.3. The number of methoxy groups -OCH3 is 1. The van der Waals surface area contributed by atoms with Crippen LogP contribution in [0.2, 0.25) is 0 Å². The van der Waals surface area contributed by atoms with Crippen LogP contribution in [0.4, 0.5) is 22.7 Å². The first kappa shape index (κ1) is 29.6. The highest BCUT2D eigenvalue weighted by molar-refractivity contribution is 7.81. The van der Waals surface area contributed by atoms with E-state index >= 15 is 0 Å². The summed E-state index contributed by atoms with van der Waals surface area (Å²) in [5.74, 6) is -1.25. The number of para-hydroxylation sites is 2. The van der Waals surface area contributed by atoms with E-state index in [-0.39, 0.29) is 33.6 Å². The summed E-state index contributed by atoms with van der Waals surface area (Å²) in [7, 11) is 1.41. The number of hydrogen-bond donors (Lipinski definition) is 1. The van der Waals surface area contributed by atoms with E-state index in [1.165, 1.54) is 53.3 Å². The second-order valence-corrected chi connectivity index (χ2v) is 9.71. The van der Waals surface area contributed by atoms with E-state index in [1.807, 2.05) is 12.1 Å². The fraction of sp³-hybridized carbons (Fsp3) is 0.0625. The van der Waals surface area contributed by atoms with Gasteiger partial charge in [-0.15, -0.1) is 0 Å². The molecule has 1 saturated heterocycles. The minimum absolute atomic E-state index is 0.0271. The van der Waals surface area contributed by atoms with Crippen LogP contribution in [0.5, 0.6) is 11.5 Å². The van der Waals surface area contributed by atoms with Gasteiger partial charge in [0.25, 0.3) is 23.4 Å². The van der Waals surface area contributed by atoms with Crippen molar-refractivity contribution in [3.63, 3.8) is 0 Å². The van der Waals surface area contributed by atoms with Crippen molar-refractivity contribution >= 4 is 63.9 Å². The maximum atomic E-state index is 13.7. The second kappa shape index (κ2) is 13.0. The van der Waals surface area contributed by atoms with E-state index in [0.29, 0.717) is 16.9 Å². The van der Waals surface area contributed by atoms with Gasteiger partial charge >= 0.3 is 0 Å². The average molecular weight is 609 g/mol. The highest BCUT2D eigenvalue weighted by atomic mass is 32.1. The van der Waals surface area contributed by atoms with E-state index in [2.05, 4.69) is 5.32 Å². The van der Waals surface area contributed by atoms with E-state index < -0.39 is 29.3 Å². The molecule has 11 nitrogen and oxygen atoms in total. The zero-order valence-corrected chi connectivity index (χ0v) is 24.0. The number of nitro groups is 1. The zero-order chi connectivity index (χ0) is 31.2. The van der Waals surface area contributed by atoms with Gasteiger partial charge in [-0.2, -0.15) is 0 Å². The molecule has 5 rings (SSSR count). The monoisotopic (exact) mass is 608 g/mol. The molecule has 0 bridgehead atoms. The Morgan fingerprint density at radius 1 is 0.864 bits per heavy atom. The molecule has 1 fully saturated rings. The van der Waals surface area contributed by atoms with Gasteiger partial charge in [-0.3, -0.25) is 34.3 Å². The maximum Gasteiger partial charge on any atom is 0.271 e. The molecule has 1 N–H and O–H groups in total. The van der Waals surface area contributed by atoms with Crippen LogP contribution in [0, 0.1) is 10.1 Å². The van der Waals surface area contributed by atoms with E-state index in [9.17, 15) is 24.5 Å². The summed E-state index contributed by atoms with van der Waals surface area (Å²) >= 11 is 5.63. The molecular weight excluding hydrogens is 584 g/mol. The van der Waals surface area contributed by atoms with Crippen LogP contribution in [0.3, 0.4) is 0 Å². The molecule has 0 unspecified atom stereocenters. The van der Waals surface area contributed by atoms with Gasteiger partial charge in [-0.25, -0.2) is 0 Å². The number of carbonyl (C=O) groups is 3. The molecule has 1 aliphatic rings. The summed E-state index contributed by atoms with van der Waals surface area (Å²) < 4.78 is 11.1. The van der Waals surface area contributed by atoms with Gasteiger partial charge in [0.2, 0.25) is 0 Å². The molecule has 0 spiro atoms. The average Bonchev–Trinajstić information content (AvgIpc) is 3.03. The molecule has 1 heterocycles. The van der Waals surface area contributed by atoms with Crippen LogP contribution in [-0.2, 0) is 14.4 Å². The number of nitro benzene ring substituents is 1. The van der Waals surface area contributed by atoms with Gasteiger partial charge in [-0.1, -0.05) is 48.5 Å². The lowest BCUT2D eigenvalue weighted by atomic mass is 10.0. The largest absolute Gasteiger partial charge is 0.493 e. The van der Waals surface area contributed by atoms with Gasteiger partial charge in [0.1, 0.15) is 5.57 Å². The molecule has 4 aromatic rings. The minimum atomic E-state index is -0.588. The lowest BCUT2D eigenvalue weighted by molar-refractivity contribution is -0.384. The van der Waals surface area contributed by atoms with E-state index in [4.69, 9.17) is 21.7 Å². The summed E-state index contributed by atoms with van der Waals surface area (Å²) in [5, 5.41) is 13.6. The zero-order valence-electron chi connectivity index (χ0n) is 23.2. The van der Waals surface area contributed by atoms with Crippen LogP contribution in [0.25, 0.3) is 6.08 Å². The number of anilines is 3. The molecule has 12 heteroatoms. The number of hydrogen-bond acceptors (Lipinski definition) is 8. The number of rotatable bonds is 9. The number of nitrogens with zero attached hydrogens (tertiary/aromatic N) is 3. The highest BCUT2D eigenvalue weighted by Gasteiger charge is 2.41. The van der Waals surface area contributed by atoms with Crippen LogP contribution in [0.1, 0.15) is 5.56 Å². The summed E-state index contributed by atoms with van der Waals surface area (Å²) in [6.45, 7) is -0.411. The quantitative estimate of drug-likeness (QED) is 0.0883. The third-order valence-electron chi connectivity index (χ3n) is 6.48. The molecule has 1 aliphatic heterocycles. The number of thiocarbonyl (C=S) groups is 1. The number of benzene rings is 4. The van der Waals surface area contributed by atoms with Gasteiger partial charge in [-0.05, 0) is 66.3 Å². The molecule has 220 valence electrons. The van der Waals surface area contributed by atoms with Crippen molar-refractivity contribution in [1.29, 1.82) is 0 Å². The Kier molecular flexibility index (Phi) is 8.72. The van der Waals surface area contributed by atoms with Gasteiger partial charge in [0.05, 0.1) is 23.4 Å². The topological polar surface area (TPSA) is 131 Å². The van der Waals surface area contributed by atoms with E-state index in [0.717, 1.165) is 0 Å². The number of ether oxygens (including phenoxy) is 2. The van der Waals surface area contributed by atoms with Crippen molar-refractivity contribution < 1.29 is 28.8 Å². The number of amides is 3. The molecule has 0 atom stereocenters. The van der Waals surface area contributed by atoms with Crippen LogP contribution < -0.4 is 24.6 Å². The minimum Gasteiger partial charge on any atom is -0.493 e. The summed E-state index contributed by atoms with van der Waals surface area (Å²) in [4.78, 5) is 52.9. The van der Waals surface area contributed by atoms with Crippen molar-refractivity contribution in [2.45, 2.75) is 0 Å². The maximum absolute atomic E-state index is 13.7. The predicted molar refractivity (Wildman–Crippen MR) is 169 cm³/mol. The first-order valence-corrected chi connectivity index (χ1v) is 13.6. The standard InChI is InChI=1S/C32H24N4O7S/c1-42-28-18-21(15-16-27(28)43-20-29(37)33-22-9-8-14-25(19-22)36(40)41)17-26-30(38)34(23-10-4-2-5-11-23)32(44)35(31(26)39)24-12-6-3-7-13-24/h2-19H,20H2,1H3,(H,33,37). The van der Waals surface area contributed by atoms with Crippen molar-refractivity contribution in [3.05, 3.63) is 124 Å². The number of nitrogens with one attached hydrogen (secondary N) is 1. The molecule has 3 amide bonds. The Labute approximate surface area is 257 Å². The normalized spacial score (nSPS) is 13.0. The first-order valence-electron chi connectivity index (χ1n) is 13.2. The molecular formula is C32H24N4O7S. The fourth-order valence-corrected chi connectivity index (χ4v) is 4.81. The molecule has 0 aliphatic carbocycles. The fourth-order valence-electron chi connectivity index (χ4n) is 4.44. The highest BCUT2D eigenvalue weighted by Crippen LogP contribution is 2.32. The Hall–Kier alpha value is -5.88. The second-order valence-electron chi connectivity index (χ2n) is 9.35. The Morgan fingerprint density at radius 2 is 1.48 bits per heavy atom. The van der Waals surface area contributed by atoms with Crippen molar-refractivity contribution in [2.75, 3.05) is 28.8 Å². The Morgan fingerprint density at radius 3 is 2.05 bits per heavy atom. The third kappa shape index (κ3) is 6.30. The SMILES string of the molecule is COc1cc(C=C2C(=O)N(c3ccccc3)C(=S)N(c3ccccc3)C2=O)ccc1OCC(=O)Nc1cccc([N+](=O)[O-])c1. The van der Waals surface area contributed by atoms with Gasteiger partial charge in [0.15, 0.2) is 23.2 Å². The van der Waals surface area contributed by atoms with Gasteiger partial charge in [0, 0.05) is 17.8 Å². The van der Waals surface area contributed by atoms with Crippen LogP contribution in [0.15, 0.2) is 109 Å². The molecule has 4 aromatic carbocycles. The molecule has 44 heavy (non-hydrogen) atoms. The molecule has 0 aromatic heterocycles. The smallest absolute Gasteiger partial charge is 0.271 e. The lowest BCUT2D eigenvalue weighted by Crippen LogP contribution is -2.56. The Bertz CT molecular complexity index is 1730. The van der Waals surface area contributed by atoms with Crippen molar-refractivity contribution in [2.24, 2.45) is 0 Å². The summed E-state index contributed by atoms with van der Waals surface area (Å²) in [6, 6.07) is 27.8. The molecule has 0 radical (unpaired) electrons.